The molecule has 120 valence electrons. The van der Waals surface area contributed by atoms with Crippen molar-refractivity contribution in [1.29, 1.82) is 0 Å². The van der Waals surface area contributed by atoms with Crippen molar-refractivity contribution in [3.05, 3.63) is 35.4 Å². The van der Waals surface area contributed by atoms with Gasteiger partial charge in [-0.2, -0.15) is 0 Å². The Morgan fingerprint density at radius 3 is 2.05 bits per heavy atom. The highest BCUT2D eigenvalue weighted by Crippen LogP contribution is 2.15. The fraction of sp³-hybridized carbons (Fsp3) is 0.667. The molecule has 0 bridgehead atoms. The zero-order chi connectivity index (χ0) is 15.8. The minimum absolute atomic E-state index is 0.422. The summed E-state index contributed by atoms with van der Waals surface area (Å²) >= 11 is 0. The van der Waals surface area contributed by atoms with Gasteiger partial charge in [-0.1, -0.05) is 31.2 Å². The van der Waals surface area contributed by atoms with Crippen LogP contribution >= 0.6 is 0 Å². The van der Waals surface area contributed by atoms with Crippen LogP contribution in [0.2, 0.25) is 0 Å². The summed E-state index contributed by atoms with van der Waals surface area (Å²) in [6.45, 7) is 14.2. The van der Waals surface area contributed by atoms with Gasteiger partial charge in [0.15, 0.2) is 0 Å². The molecule has 0 aliphatic heterocycles. The minimum atomic E-state index is 0.422. The van der Waals surface area contributed by atoms with E-state index in [0.717, 1.165) is 13.2 Å². The van der Waals surface area contributed by atoms with E-state index in [1.165, 1.54) is 11.1 Å². The number of hydrogen-bond acceptors (Lipinski definition) is 3. The molecule has 3 nitrogen and oxygen atoms in total. The molecule has 1 rings (SSSR count). The molecular weight excluding hydrogens is 260 g/mol. The SMILES string of the molecule is CC(CN)c1ccc(COCCN(C(C)C)C(C)C)cc1. The van der Waals surface area contributed by atoms with E-state index in [0.29, 0.717) is 31.2 Å². The van der Waals surface area contributed by atoms with Crippen LogP contribution in [0, 0.1) is 0 Å². The van der Waals surface area contributed by atoms with Crippen molar-refractivity contribution in [1.82, 2.24) is 4.90 Å². The van der Waals surface area contributed by atoms with Crippen LogP contribution < -0.4 is 5.73 Å². The maximum absolute atomic E-state index is 5.81. The van der Waals surface area contributed by atoms with Gasteiger partial charge in [-0.05, 0) is 51.3 Å². The third-order valence-corrected chi connectivity index (χ3v) is 3.99. The molecule has 0 saturated heterocycles. The molecule has 0 aliphatic carbocycles. The minimum Gasteiger partial charge on any atom is -0.375 e. The average Bonchev–Trinajstić information content (AvgIpc) is 2.46. The van der Waals surface area contributed by atoms with Crippen LogP contribution in [-0.4, -0.2) is 36.7 Å². The van der Waals surface area contributed by atoms with Crippen molar-refractivity contribution in [3.63, 3.8) is 0 Å². The zero-order valence-corrected chi connectivity index (χ0v) is 14.3. The van der Waals surface area contributed by atoms with E-state index in [1.54, 1.807) is 0 Å². The second-order valence-corrected chi connectivity index (χ2v) is 6.36. The van der Waals surface area contributed by atoms with Crippen molar-refractivity contribution in [2.24, 2.45) is 5.73 Å². The highest BCUT2D eigenvalue weighted by atomic mass is 16.5. The molecule has 0 fully saturated rings. The first-order valence-corrected chi connectivity index (χ1v) is 8.08. The second kappa shape index (κ2) is 9.19. The van der Waals surface area contributed by atoms with E-state index < -0.39 is 0 Å². The van der Waals surface area contributed by atoms with E-state index >= 15 is 0 Å². The first kappa shape index (κ1) is 18.1. The van der Waals surface area contributed by atoms with Crippen LogP contribution in [0.3, 0.4) is 0 Å². The number of rotatable bonds is 9. The normalized spacial score (nSPS) is 13.4. The standard InChI is InChI=1S/C18H32N2O/c1-14(2)20(15(3)4)10-11-21-13-17-6-8-18(9-7-17)16(5)12-19/h6-9,14-16H,10-13,19H2,1-5H3. The summed E-state index contributed by atoms with van der Waals surface area (Å²) < 4.78 is 5.81. The molecule has 1 aromatic rings. The second-order valence-electron chi connectivity index (χ2n) is 6.36. The number of ether oxygens (including phenoxy) is 1. The van der Waals surface area contributed by atoms with Gasteiger partial charge in [0.2, 0.25) is 0 Å². The van der Waals surface area contributed by atoms with Gasteiger partial charge in [-0.15, -0.1) is 0 Å². The largest absolute Gasteiger partial charge is 0.375 e. The van der Waals surface area contributed by atoms with Gasteiger partial charge in [0.25, 0.3) is 0 Å². The monoisotopic (exact) mass is 292 g/mol. The average molecular weight is 292 g/mol. The van der Waals surface area contributed by atoms with Crippen molar-refractivity contribution in [2.75, 3.05) is 19.7 Å². The van der Waals surface area contributed by atoms with Crippen LogP contribution in [0.15, 0.2) is 24.3 Å². The topological polar surface area (TPSA) is 38.5 Å². The summed E-state index contributed by atoms with van der Waals surface area (Å²) in [5, 5.41) is 0. The molecule has 0 aromatic heterocycles. The Labute approximate surface area is 130 Å². The van der Waals surface area contributed by atoms with Gasteiger partial charge in [0, 0.05) is 18.6 Å². The highest BCUT2D eigenvalue weighted by Gasteiger charge is 2.12. The fourth-order valence-electron chi connectivity index (χ4n) is 2.55. The number of benzene rings is 1. The molecule has 3 heteroatoms. The molecule has 1 aromatic carbocycles. The molecule has 0 amide bonds. The number of nitrogens with zero attached hydrogens (tertiary/aromatic N) is 1. The van der Waals surface area contributed by atoms with Gasteiger partial charge in [-0.25, -0.2) is 0 Å². The highest BCUT2D eigenvalue weighted by molar-refractivity contribution is 5.24. The van der Waals surface area contributed by atoms with Crippen molar-refractivity contribution < 1.29 is 4.74 Å². The Balaban J connectivity index is 2.35. The summed E-state index contributed by atoms with van der Waals surface area (Å²) in [5.41, 5.74) is 8.21. The van der Waals surface area contributed by atoms with E-state index in [4.69, 9.17) is 10.5 Å². The van der Waals surface area contributed by atoms with Crippen molar-refractivity contribution >= 4 is 0 Å². The summed E-state index contributed by atoms with van der Waals surface area (Å²) in [7, 11) is 0. The maximum atomic E-state index is 5.81. The molecule has 0 aliphatic rings. The predicted molar refractivity (Wildman–Crippen MR) is 90.5 cm³/mol. The summed E-state index contributed by atoms with van der Waals surface area (Å²) in [6, 6.07) is 9.72. The van der Waals surface area contributed by atoms with Gasteiger partial charge < -0.3 is 10.5 Å². The van der Waals surface area contributed by atoms with Crippen molar-refractivity contribution in [3.8, 4) is 0 Å². The lowest BCUT2D eigenvalue weighted by Crippen LogP contribution is -2.39. The van der Waals surface area contributed by atoms with Gasteiger partial charge in [-0.3, -0.25) is 4.90 Å². The fourth-order valence-corrected chi connectivity index (χ4v) is 2.55. The van der Waals surface area contributed by atoms with Crippen LogP contribution in [0.4, 0.5) is 0 Å². The van der Waals surface area contributed by atoms with Crippen molar-refractivity contribution in [2.45, 2.75) is 59.2 Å². The molecule has 0 heterocycles. The van der Waals surface area contributed by atoms with Gasteiger partial charge in [0.1, 0.15) is 0 Å². The van der Waals surface area contributed by atoms with Crippen LogP contribution in [0.1, 0.15) is 51.7 Å². The van der Waals surface area contributed by atoms with Crippen LogP contribution in [0.5, 0.6) is 0 Å². The first-order valence-electron chi connectivity index (χ1n) is 8.08. The molecule has 1 unspecified atom stereocenters. The molecular formula is C18H32N2O. The van der Waals surface area contributed by atoms with Gasteiger partial charge >= 0.3 is 0 Å². The molecule has 1 atom stereocenters. The Morgan fingerprint density at radius 2 is 1.57 bits per heavy atom. The van der Waals surface area contributed by atoms with E-state index in [2.05, 4.69) is 63.8 Å². The Bertz CT molecular complexity index is 379. The molecule has 2 N–H and O–H groups in total. The quantitative estimate of drug-likeness (QED) is 0.709. The Hall–Kier alpha value is -0.900. The van der Waals surface area contributed by atoms with Gasteiger partial charge in [0.05, 0.1) is 13.2 Å². The Kier molecular flexibility index (Phi) is 7.94. The predicted octanol–water partition coefficient (Wildman–Crippen LogP) is 3.38. The number of hydrogen-bond donors (Lipinski definition) is 1. The number of nitrogens with two attached hydrogens (primary N) is 1. The van der Waals surface area contributed by atoms with E-state index in [1.807, 2.05) is 0 Å². The first-order chi connectivity index (χ1) is 9.95. The lowest BCUT2D eigenvalue weighted by atomic mass is 10.0. The van der Waals surface area contributed by atoms with Crippen LogP contribution in [0.25, 0.3) is 0 Å². The van der Waals surface area contributed by atoms with E-state index in [9.17, 15) is 0 Å². The summed E-state index contributed by atoms with van der Waals surface area (Å²) in [5.74, 6) is 0.422. The third-order valence-electron chi connectivity index (χ3n) is 3.99. The zero-order valence-electron chi connectivity index (χ0n) is 14.3. The smallest absolute Gasteiger partial charge is 0.0717 e. The Morgan fingerprint density at radius 1 is 1.00 bits per heavy atom. The summed E-state index contributed by atoms with van der Waals surface area (Å²) in [6.07, 6.45) is 0. The lowest BCUT2D eigenvalue weighted by Gasteiger charge is -2.30. The maximum Gasteiger partial charge on any atom is 0.0717 e. The third kappa shape index (κ3) is 6.16. The van der Waals surface area contributed by atoms with E-state index in [-0.39, 0.29) is 0 Å². The van der Waals surface area contributed by atoms with Crippen LogP contribution in [-0.2, 0) is 11.3 Å². The molecule has 0 radical (unpaired) electrons. The summed E-state index contributed by atoms with van der Waals surface area (Å²) in [4.78, 5) is 2.45. The lowest BCUT2D eigenvalue weighted by molar-refractivity contribution is 0.0699. The molecule has 21 heavy (non-hydrogen) atoms. The molecule has 0 saturated carbocycles. The molecule has 0 spiro atoms.